The first-order chi connectivity index (χ1) is 9.66. The maximum Gasteiger partial charge on any atom is 0.179 e. The van der Waals surface area contributed by atoms with Gasteiger partial charge in [0.25, 0.3) is 0 Å². The van der Waals surface area contributed by atoms with Gasteiger partial charge in [0.15, 0.2) is 5.78 Å². The van der Waals surface area contributed by atoms with Crippen LogP contribution < -0.4 is 0 Å². The fourth-order valence-corrected chi connectivity index (χ4v) is 3.66. The molecule has 20 heavy (non-hydrogen) atoms. The van der Waals surface area contributed by atoms with Gasteiger partial charge in [0.2, 0.25) is 0 Å². The number of Topliss-reactive ketones (excluding diaryl/α,β-unsaturated/α-hetero) is 1. The Morgan fingerprint density at radius 1 is 1.45 bits per heavy atom. The minimum Gasteiger partial charge on any atom is -0.375 e. The predicted octanol–water partition coefficient (Wildman–Crippen LogP) is 3.16. The molecular formula is C16H20ClNO2. The first-order valence-electron chi connectivity index (χ1n) is 7.34. The summed E-state index contributed by atoms with van der Waals surface area (Å²) in [6.45, 7) is 3.58. The third-order valence-electron chi connectivity index (χ3n) is 4.51. The van der Waals surface area contributed by atoms with Gasteiger partial charge in [-0.15, -0.1) is 0 Å². The zero-order valence-corrected chi connectivity index (χ0v) is 12.5. The summed E-state index contributed by atoms with van der Waals surface area (Å²) in [6, 6.07) is 7.53. The first kappa shape index (κ1) is 14.1. The van der Waals surface area contributed by atoms with Crippen molar-refractivity contribution >= 4 is 17.4 Å². The average Bonchev–Trinajstić information content (AvgIpc) is 2.94. The SMILES string of the molecule is CC(C(=O)c1cccc(Cl)c1)N1CCOC2CCCC21. The number of carbonyl (C=O) groups excluding carboxylic acids is 1. The lowest BCUT2D eigenvalue weighted by Gasteiger charge is -2.40. The highest BCUT2D eigenvalue weighted by molar-refractivity contribution is 6.31. The van der Waals surface area contributed by atoms with Crippen LogP contribution >= 0.6 is 11.6 Å². The molecule has 0 bridgehead atoms. The van der Waals surface area contributed by atoms with Gasteiger partial charge in [-0.25, -0.2) is 0 Å². The summed E-state index contributed by atoms with van der Waals surface area (Å²) in [7, 11) is 0. The number of halogens is 1. The van der Waals surface area contributed by atoms with E-state index in [1.165, 1.54) is 6.42 Å². The molecule has 1 aromatic rings. The van der Waals surface area contributed by atoms with Gasteiger partial charge in [0.1, 0.15) is 0 Å². The van der Waals surface area contributed by atoms with Gasteiger partial charge in [-0.05, 0) is 38.3 Å². The van der Waals surface area contributed by atoms with Crippen LogP contribution in [0.4, 0.5) is 0 Å². The van der Waals surface area contributed by atoms with Gasteiger partial charge in [0.05, 0.1) is 18.8 Å². The van der Waals surface area contributed by atoms with Crippen molar-refractivity contribution in [1.29, 1.82) is 0 Å². The van der Waals surface area contributed by atoms with Crippen molar-refractivity contribution in [1.82, 2.24) is 4.90 Å². The molecule has 4 heteroatoms. The number of nitrogens with zero attached hydrogens (tertiary/aromatic N) is 1. The Morgan fingerprint density at radius 2 is 2.30 bits per heavy atom. The Balaban J connectivity index is 1.77. The molecule has 3 atom stereocenters. The lowest BCUT2D eigenvalue weighted by molar-refractivity contribution is -0.0643. The molecule has 0 aromatic heterocycles. The van der Waals surface area contributed by atoms with Crippen LogP contribution in [0.1, 0.15) is 36.5 Å². The van der Waals surface area contributed by atoms with Gasteiger partial charge in [-0.3, -0.25) is 9.69 Å². The highest BCUT2D eigenvalue weighted by Crippen LogP contribution is 2.31. The fraction of sp³-hybridized carbons (Fsp3) is 0.562. The number of fused-ring (bicyclic) bond motifs is 1. The van der Waals surface area contributed by atoms with Gasteiger partial charge in [-0.2, -0.15) is 0 Å². The quantitative estimate of drug-likeness (QED) is 0.802. The highest BCUT2D eigenvalue weighted by atomic mass is 35.5. The van der Waals surface area contributed by atoms with E-state index >= 15 is 0 Å². The van der Waals surface area contributed by atoms with Crippen LogP contribution in [0.5, 0.6) is 0 Å². The number of morpholine rings is 1. The monoisotopic (exact) mass is 293 g/mol. The minimum absolute atomic E-state index is 0.108. The molecule has 3 rings (SSSR count). The second-order valence-corrected chi connectivity index (χ2v) is 6.13. The lowest BCUT2D eigenvalue weighted by Crippen LogP contribution is -2.54. The molecule has 0 N–H and O–H groups in total. The molecule has 3 nitrogen and oxygen atoms in total. The summed E-state index contributed by atoms with van der Waals surface area (Å²) in [5, 5.41) is 0.615. The molecule has 1 heterocycles. The van der Waals surface area contributed by atoms with Crippen molar-refractivity contribution < 1.29 is 9.53 Å². The Labute approximate surface area is 124 Å². The number of hydrogen-bond donors (Lipinski definition) is 0. The topological polar surface area (TPSA) is 29.5 Å². The molecule has 0 radical (unpaired) electrons. The van der Waals surface area contributed by atoms with Gasteiger partial charge in [0, 0.05) is 23.2 Å². The first-order valence-corrected chi connectivity index (χ1v) is 7.72. The van der Waals surface area contributed by atoms with Gasteiger partial charge in [-0.1, -0.05) is 23.7 Å². The molecule has 2 fully saturated rings. The molecule has 0 spiro atoms. The molecule has 2 aliphatic rings. The van der Waals surface area contributed by atoms with Crippen LogP contribution in [0.2, 0.25) is 5.02 Å². The molecular weight excluding hydrogens is 274 g/mol. The van der Waals surface area contributed by atoms with Gasteiger partial charge >= 0.3 is 0 Å². The largest absolute Gasteiger partial charge is 0.375 e. The Bertz CT molecular complexity index is 505. The van der Waals surface area contributed by atoms with Crippen LogP contribution in [0.25, 0.3) is 0 Å². The van der Waals surface area contributed by atoms with Crippen LogP contribution in [0.3, 0.4) is 0 Å². The lowest BCUT2D eigenvalue weighted by atomic mass is 10.0. The number of benzene rings is 1. The number of carbonyl (C=O) groups is 1. The average molecular weight is 294 g/mol. The van der Waals surface area contributed by atoms with Crippen molar-refractivity contribution in [3.63, 3.8) is 0 Å². The molecule has 3 unspecified atom stereocenters. The number of ketones is 1. The van der Waals surface area contributed by atoms with Crippen molar-refractivity contribution in [3.05, 3.63) is 34.9 Å². The zero-order valence-electron chi connectivity index (χ0n) is 11.7. The smallest absolute Gasteiger partial charge is 0.179 e. The van der Waals surface area contributed by atoms with Crippen LogP contribution in [0, 0.1) is 0 Å². The molecule has 1 saturated heterocycles. The fourth-order valence-electron chi connectivity index (χ4n) is 3.47. The van der Waals surface area contributed by atoms with Crippen molar-refractivity contribution in [3.8, 4) is 0 Å². The van der Waals surface area contributed by atoms with E-state index in [1.54, 1.807) is 12.1 Å². The van der Waals surface area contributed by atoms with E-state index < -0.39 is 0 Å². The standard InChI is InChI=1S/C16H20ClNO2/c1-11(16(19)12-4-2-5-13(17)10-12)18-8-9-20-15-7-3-6-14(15)18/h2,4-5,10-11,14-15H,3,6-9H2,1H3. The molecule has 1 aliphatic heterocycles. The molecule has 0 amide bonds. The van der Waals surface area contributed by atoms with E-state index in [9.17, 15) is 4.79 Å². The molecule has 108 valence electrons. The normalized spacial score (nSPS) is 28.1. The third-order valence-corrected chi connectivity index (χ3v) is 4.75. The summed E-state index contributed by atoms with van der Waals surface area (Å²) >= 11 is 5.98. The van der Waals surface area contributed by atoms with E-state index in [-0.39, 0.29) is 11.8 Å². The molecule has 1 saturated carbocycles. The number of hydrogen-bond acceptors (Lipinski definition) is 3. The highest BCUT2D eigenvalue weighted by Gasteiger charge is 2.39. The summed E-state index contributed by atoms with van der Waals surface area (Å²) in [5.41, 5.74) is 0.700. The van der Waals surface area contributed by atoms with E-state index in [4.69, 9.17) is 16.3 Å². The maximum atomic E-state index is 12.6. The van der Waals surface area contributed by atoms with Crippen molar-refractivity contribution in [2.75, 3.05) is 13.2 Å². The van der Waals surface area contributed by atoms with Crippen LogP contribution in [0.15, 0.2) is 24.3 Å². The number of rotatable bonds is 3. The van der Waals surface area contributed by atoms with E-state index in [0.29, 0.717) is 22.7 Å². The summed E-state index contributed by atoms with van der Waals surface area (Å²) < 4.78 is 5.81. The maximum absolute atomic E-state index is 12.6. The third kappa shape index (κ3) is 2.62. The molecule has 1 aliphatic carbocycles. The van der Waals surface area contributed by atoms with Crippen LogP contribution in [-0.2, 0) is 4.74 Å². The Kier molecular flexibility index (Phi) is 4.11. The summed E-state index contributed by atoms with van der Waals surface area (Å²) in [6.07, 6.45) is 3.78. The van der Waals surface area contributed by atoms with Crippen molar-refractivity contribution in [2.24, 2.45) is 0 Å². The second-order valence-electron chi connectivity index (χ2n) is 5.70. The second kappa shape index (κ2) is 5.84. The van der Waals surface area contributed by atoms with E-state index in [1.807, 2.05) is 19.1 Å². The summed E-state index contributed by atoms with van der Waals surface area (Å²) in [5.74, 6) is 0.153. The minimum atomic E-state index is -0.108. The Hall–Kier alpha value is -0.900. The Morgan fingerprint density at radius 3 is 3.10 bits per heavy atom. The van der Waals surface area contributed by atoms with E-state index in [2.05, 4.69) is 4.90 Å². The summed E-state index contributed by atoms with van der Waals surface area (Å²) in [4.78, 5) is 15.0. The predicted molar refractivity (Wildman–Crippen MR) is 79.3 cm³/mol. The molecule has 1 aromatic carbocycles. The van der Waals surface area contributed by atoms with Crippen molar-refractivity contribution in [2.45, 2.75) is 44.4 Å². The number of ether oxygens (including phenoxy) is 1. The van der Waals surface area contributed by atoms with Gasteiger partial charge < -0.3 is 4.74 Å². The van der Waals surface area contributed by atoms with Crippen LogP contribution in [-0.4, -0.2) is 42.0 Å². The van der Waals surface area contributed by atoms with E-state index in [0.717, 1.165) is 26.0 Å². The zero-order chi connectivity index (χ0) is 14.1.